The fourth-order valence-corrected chi connectivity index (χ4v) is 3.29. The quantitative estimate of drug-likeness (QED) is 0.552. The first kappa shape index (κ1) is 22.3. The molecule has 1 aromatic rings. The van der Waals surface area contributed by atoms with Crippen LogP contribution in [0.1, 0.15) is 38.2 Å². The van der Waals surface area contributed by atoms with Crippen LogP contribution < -0.4 is 15.4 Å². The number of alkyl halides is 3. The van der Waals surface area contributed by atoms with Crippen LogP contribution in [0.4, 0.5) is 23.7 Å². The number of carbonyl (C=O) groups is 1. The molecule has 0 aromatic heterocycles. The van der Waals surface area contributed by atoms with Crippen LogP contribution in [0.5, 0.6) is 5.75 Å². The average molecular weight is 403 g/mol. The molecule has 1 unspecified atom stereocenters. The first-order chi connectivity index (χ1) is 13.3. The van der Waals surface area contributed by atoms with Gasteiger partial charge in [0.05, 0.1) is 24.5 Å². The summed E-state index contributed by atoms with van der Waals surface area (Å²) in [5, 5.41) is 14.4. The lowest BCUT2D eigenvalue weighted by molar-refractivity contribution is -0.137. The van der Waals surface area contributed by atoms with Gasteiger partial charge >= 0.3 is 12.2 Å². The largest absolute Gasteiger partial charge is 0.492 e. The van der Waals surface area contributed by atoms with Gasteiger partial charge in [-0.05, 0) is 63.9 Å². The lowest BCUT2D eigenvalue weighted by Crippen LogP contribution is -2.34. The Morgan fingerprint density at radius 1 is 1.36 bits per heavy atom. The summed E-state index contributed by atoms with van der Waals surface area (Å²) >= 11 is 0. The maximum Gasteiger partial charge on any atom is 0.416 e. The van der Waals surface area contributed by atoms with Crippen molar-refractivity contribution in [2.45, 2.75) is 44.8 Å². The Kier molecular flexibility index (Phi) is 8.37. The van der Waals surface area contributed by atoms with E-state index < -0.39 is 17.8 Å². The van der Waals surface area contributed by atoms with Gasteiger partial charge in [-0.2, -0.15) is 13.2 Å². The summed E-state index contributed by atoms with van der Waals surface area (Å²) < 4.78 is 44.0. The predicted molar refractivity (Wildman–Crippen MR) is 101 cm³/mol. The Morgan fingerprint density at radius 2 is 2.14 bits per heavy atom. The number of amides is 2. The number of aliphatic hydroxyl groups is 1. The molecule has 6 nitrogen and oxygen atoms in total. The number of benzene rings is 1. The number of ether oxygens (including phenoxy) is 1. The minimum absolute atomic E-state index is 0.0166. The second-order valence-corrected chi connectivity index (χ2v) is 6.74. The minimum atomic E-state index is -4.50. The van der Waals surface area contributed by atoms with Crippen molar-refractivity contribution in [2.24, 2.45) is 0 Å². The number of unbranched alkanes of at least 4 members (excludes halogenated alkanes) is 1. The Morgan fingerprint density at radius 3 is 2.82 bits per heavy atom. The first-order valence-electron chi connectivity index (χ1n) is 9.59. The average Bonchev–Trinajstić information content (AvgIpc) is 3.09. The highest BCUT2D eigenvalue weighted by Crippen LogP contribution is 2.35. The van der Waals surface area contributed by atoms with E-state index in [1.807, 2.05) is 0 Å². The molecule has 2 amide bonds. The highest BCUT2D eigenvalue weighted by atomic mass is 19.4. The molecule has 3 N–H and O–H groups in total. The zero-order valence-electron chi connectivity index (χ0n) is 16.0. The minimum Gasteiger partial charge on any atom is -0.492 e. The zero-order chi connectivity index (χ0) is 20.6. The van der Waals surface area contributed by atoms with Crippen molar-refractivity contribution >= 4 is 11.7 Å². The third-order valence-corrected chi connectivity index (χ3v) is 4.72. The number of likely N-dealkylation sites (tertiary alicyclic amines) is 1. The van der Waals surface area contributed by atoms with E-state index in [-0.39, 0.29) is 30.7 Å². The number of hydrogen-bond donors (Lipinski definition) is 3. The number of anilines is 1. The summed E-state index contributed by atoms with van der Waals surface area (Å²) in [4.78, 5) is 14.3. The topological polar surface area (TPSA) is 73.8 Å². The van der Waals surface area contributed by atoms with Crippen molar-refractivity contribution in [3.05, 3.63) is 23.8 Å². The lowest BCUT2D eigenvalue weighted by Gasteiger charge is -2.22. The third kappa shape index (κ3) is 6.56. The number of aliphatic hydroxyl groups excluding tert-OH is 1. The maximum absolute atomic E-state index is 12.9. The Balaban J connectivity index is 1.80. The van der Waals surface area contributed by atoms with Crippen LogP contribution in [-0.4, -0.2) is 54.9 Å². The van der Waals surface area contributed by atoms with Crippen molar-refractivity contribution in [3.63, 3.8) is 0 Å². The van der Waals surface area contributed by atoms with Gasteiger partial charge in [-0.25, -0.2) is 4.79 Å². The maximum atomic E-state index is 12.9. The van der Waals surface area contributed by atoms with Crippen molar-refractivity contribution in [2.75, 3.05) is 38.2 Å². The van der Waals surface area contributed by atoms with Crippen LogP contribution in [0.3, 0.4) is 0 Å². The SMILES string of the molecule is CCOc1ccc(C(F)(F)F)cc1NC(=O)NCCCCN1CCCC1CO. The van der Waals surface area contributed by atoms with E-state index in [9.17, 15) is 23.1 Å². The molecule has 0 spiro atoms. The van der Waals surface area contributed by atoms with Gasteiger partial charge in [0.15, 0.2) is 0 Å². The Hall–Kier alpha value is -2.00. The Bertz CT molecular complexity index is 641. The number of halogens is 3. The molecule has 0 bridgehead atoms. The van der Waals surface area contributed by atoms with Gasteiger partial charge in [-0.15, -0.1) is 0 Å². The normalized spacial score (nSPS) is 17.5. The molecule has 1 fully saturated rings. The Labute approximate surface area is 163 Å². The highest BCUT2D eigenvalue weighted by Gasteiger charge is 2.31. The monoisotopic (exact) mass is 403 g/mol. The molecule has 2 rings (SSSR count). The molecule has 0 radical (unpaired) electrons. The lowest BCUT2D eigenvalue weighted by atomic mass is 10.2. The van der Waals surface area contributed by atoms with Crippen molar-refractivity contribution in [1.29, 1.82) is 0 Å². The van der Waals surface area contributed by atoms with Crippen molar-refractivity contribution in [3.8, 4) is 5.75 Å². The highest BCUT2D eigenvalue weighted by molar-refractivity contribution is 5.91. The molecule has 1 atom stereocenters. The number of rotatable bonds is 9. The summed E-state index contributed by atoms with van der Waals surface area (Å²) in [5.41, 5.74) is -0.868. The van der Waals surface area contributed by atoms with Gasteiger partial charge in [-0.3, -0.25) is 4.90 Å². The molecule has 0 aliphatic carbocycles. The van der Waals surface area contributed by atoms with E-state index in [0.717, 1.165) is 50.9 Å². The van der Waals surface area contributed by atoms with E-state index in [0.29, 0.717) is 6.54 Å². The van der Waals surface area contributed by atoms with Crippen molar-refractivity contribution in [1.82, 2.24) is 10.2 Å². The van der Waals surface area contributed by atoms with E-state index in [4.69, 9.17) is 4.74 Å². The molecule has 158 valence electrons. The van der Waals surface area contributed by atoms with E-state index in [1.165, 1.54) is 6.07 Å². The van der Waals surface area contributed by atoms with Crippen LogP contribution in [0.2, 0.25) is 0 Å². The second kappa shape index (κ2) is 10.5. The molecule has 9 heteroatoms. The zero-order valence-corrected chi connectivity index (χ0v) is 16.0. The number of hydrogen-bond acceptors (Lipinski definition) is 4. The standard InChI is InChI=1S/C19H28F3N3O3/c1-2-28-17-8-7-14(19(20,21)22)12-16(17)24-18(27)23-9-3-4-10-25-11-5-6-15(25)13-26/h7-8,12,15,26H,2-6,9-11,13H2,1H3,(H2,23,24,27). The second-order valence-electron chi connectivity index (χ2n) is 6.74. The van der Waals surface area contributed by atoms with E-state index >= 15 is 0 Å². The summed E-state index contributed by atoms with van der Waals surface area (Å²) in [6.07, 6.45) is -0.797. The van der Waals surface area contributed by atoms with Crippen molar-refractivity contribution < 1.29 is 27.8 Å². The van der Waals surface area contributed by atoms with Crippen LogP contribution in [0.25, 0.3) is 0 Å². The first-order valence-corrected chi connectivity index (χ1v) is 9.59. The van der Waals surface area contributed by atoms with Gasteiger partial charge in [0, 0.05) is 12.6 Å². The fourth-order valence-electron chi connectivity index (χ4n) is 3.29. The molecular formula is C19H28F3N3O3. The summed E-state index contributed by atoms with van der Waals surface area (Å²) in [5.74, 6) is 0.190. The van der Waals surface area contributed by atoms with Crippen LogP contribution in [-0.2, 0) is 6.18 Å². The van der Waals surface area contributed by atoms with Crippen LogP contribution in [0, 0.1) is 0 Å². The molecule has 0 saturated carbocycles. The third-order valence-electron chi connectivity index (χ3n) is 4.72. The molecular weight excluding hydrogens is 375 g/mol. The summed E-state index contributed by atoms with van der Waals surface area (Å²) in [6.45, 7) is 4.40. The van der Waals surface area contributed by atoms with E-state index in [2.05, 4.69) is 15.5 Å². The fraction of sp³-hybridized carbons (Fsp3) is 0.632. The smallest absolute Gasteiger partial charge is 0.416 e. The van der Waals surface area contributed by atoms with Gasteiger partial charge < -0.3 is 20.5 Å². The molecule has 1 aromatic carbocycles. The van der Waals surface area contributed by atoms with Gasteiger partial charge in [-0.1, -0.05) is 0 Å². The van der Waals surface area contributed by atoms with Crippen LogP contribution in [0.15, 0.2) is 18.2 Å². The van der Waals surface area contributed by atoms with Gasteiger partial charge in [0.25, 0.3) is 0 Å². The number of nitrogens with one attached hydrogen (secondary N) is 2. The molecule has 1 aliphatic rings. The number of carbonyl (C=O) groups excluding carboxylic acids is 1. The number of urea groups is 1. The van der Waals surface area contributed by atoms with Crippen LogP contribution >= 0.6 is 0 Å². The van der Waals surface area contributed by atoms with Gasteiger partial charge in [0.1, 0.15) is 5.75 Å². The summed E-state index contributed by atoms with van der Waals surface area (Å²) in [7, 11) is 0. The summed E-state index contributed by atoms with van der Waals surface area (Å²) in [6, 6.07) is 2.65. The number of nitrogens with zero attached hydrogens (tertiary/aromatic N) is 1. The molecule has 1 saturated heterocycles. The molecule has 1 heterocycles. The van der Waals surface area contributed by atoms with E-state index in [1.54, 1.807) is 6.92 Å². The predicted octanol–water partition coefficient (Wildman–Crippen LogP) is 3.46. The molecule has 1 aliphatic heterocycles. The molecule has 28 heavy (non-hydrogen) atoms. The van der Waals surface area contributed by atoms with Gasteiger partial charge in [0.2, 0.25) is 0 Å².